The molecule has 5 nitrogen and oxygen atoms in total. The van der Waals surface area contributed by atoms with Crippen LogP contribution in [0.25, 0.3) is 0 Å². The molecule has 36 heavy (non-hydrogen) atoms. The number of primary sulfonamides is 1. The van der Waals surface area contributed by atoms with E-state index in [4.69, 9.17) is 5.14 Å². The molecule has 0 aliphatic rings. The van der Waals surface area contributed by atoms with Crippen molar-refractivity contribution in [2.24, 2.45) is 5.14 Å². The topological polar surface area (TPSA) is 89.3 Å². The van der Waals surface area contributed by atoms with E-state index in [0.29, 0.717) is 24.3 Å². The lowest BCUT2D eigenvalue weighted by molar-refractivity contribution is -0.117. The highest BCUT2D eigenvalue weighted by atomic mass is 32.2. The standard InChI is InChI=1S/C29H42N2O3S2/c1-7-12-14-16-27(10-4)35-23-26(19-18-25(9-3)15-13-8-2)29(32)31-22-21-24(6)17-20-28(11-5)36(30,33)34/h8,11-20H,2,5,7,9-10,21-23H2,1,3-4,6H3,(H,31,32)(H2,30,33,34)/b14-12-,15-13-,24-17+,25-18+,26-19+,27-16+,28-20+. The van der Waals surface area contributed by atoms with Gasteiger partial charge in [-0.25, -0.2) is 13.6 Å². The number of rotatable bonds is 17. The van der Waals surface area contributed by atoms with E-state index in [2.05, 4.69) is 57.5 Å². The molecule has 0 aliphatic heterocycles. The molecular formula is C29H42N2O3S2. The Balaban J connectivity index is 5.55. The van der Waals surface area contributed by atoms with Crippen molar-refractivity contribution in [3.63, 3.8) is 0 Å². The van der Waals surface area contributed by atoms with Gasteiger partial charge in [0, 0.05) is 17.9 Å². The number of amides is 1. The Morgan fingerprint density at radius 2 is 1.72 bits per heavy atom. The molecule has 0 radical (unpaired) electrons. The van der Waals surface area contributed by atoms with Crippen molar-refractivity contribution in [1.82, 2.24) is 5.32 Å². The van der Waals surface area contributed by atoms with Crippen molar-refractivity contribution in [2.75, 3.05) is 12.3 Å². The van der Waals surface area contributed by atoms with Crippen LogP contribution >= 0.6 is 11.8 Å². The van der Waals surface area contributed by atoms with Crippen molar-refractivity contribution in [1.29, 1.82) is 0 Å². The lowest BCUT2D eigenvalue weighted by atomic mass is 10.1. The van der Waals surface area contributed by atoms with E-state index in [1.165, 1.54) is 17.1 Å². The molecule has 0 rings (SSSR count). The minimum Gasteiger partial charge on any atom is -0.352 e. The van der Waals surface area contributed by atoms with Gasteiger partial charge < -0.3 is 5.32 Å². The first kappa shape index (κ1) is 33.4. The first-order valence-corrected chi connectivity index (χ1v) is 14.6. The highest BCUT2D eigenvalue weighted by Crippen LogP contribution is 2.22. The van der Waals surface area contributed by atoms with Crippen LogP contribution in [-0.2, 0) is 14.8 Å². The SMILES string of the molecule is C=C\C=C/C(=C/C=C(\CS/C(=C/C=C\CC)CC)C(=O)NCC/C(C)=C/C=C(\C=C)S(N)(=O)=O)CC. The van der Waals surface area contributed by atoms with Gasteiger partial charge in [0.25, 0.3) is 0 Å². The van der Waals surface area contributed by atoms with Crippen LogP contribution in [0.15, 0.2) is 107 Å². The minimum atomic E-state index is -3.81. The molecule has 7 heteroatoms. The summed E-state index contributed by atoms with van der Waals surface area (Å²) in [7, 11) is -3.81. The average Bonchev–Trinajstić information content (AvgIpc) is 2.83. The number of allylic oxidation sites excluding steroid dienone is 13. The smallest absolute Gasteiger partial charge is 0.248 e. The van der Waals surface area contributed by atoms with Crippen LogP contribution in [0.4, 0.5) is 0 Å². The zero-order valence-corrected chi connectivity index (χ0v) is 23.8. The van der Waals surface area contributed by atoms with Crippen LogP contribution in [0.1, 0.15) is 53.4 Å². The lowest BCUT2D eigenvalue weighted by Gasteiger charge is -2.10. The van der Waals surface area contributed by atoms with Crippen LogP contribution in [0.2, 0.25) is 0 Å². The molecule has 1 amide bonds. The molecule has 0 aliphatic carbocycles. The summed E-state index contributed by atoms with van der Waals surface area (Å²) in [5.74, 6) is 0.430. The number of nitrogens with two attached hydrogens (primary N) is 1. The van der Waals surface area contributed by atoms with Gasteiger partial charge in [0.05, 0.1) is 4.91 Å². The summed E-state index contributed by atoms with van der Waals surface area (Å²) in [6.45, 7) is 15.7. The number of thioether (sulfide) groups is 1. The van der Waals surface area contributed by atoms with Gasteiger partial charge in [0.15, 0.2) is 0 Å². The lowest BCUT2D eigenvalue weighted by Crippen LogP contribution is -2.27. The molecule has 0 aromatic carbocycles. The fourth-order valence-electron chi connectivity index (χ4n) is 2.70. The normalized spacial score (nSPS) is 14.5. The first-order valence-electron chi connectivity index (χ1n) is 12.1. The molecule has 0 aromatic rings. The van der Waals surface area contributed by atoms with E-state index >= 15 is 0 Å². The third-order valence-electron chi connectivity index (χ3n) is 4.93. The molecule has 0 aromatic heterocycles. The second kappa shape index (κ2) is 19.6. The maximum atomic E-state index is 13.0. The summed E-state index contributed by atoms with van der Waals surface area (Å²) in [6, 6.07) is 0. The van der Waals surface area contributed by atoms with Crippen LogP contribution in [0, 0.1) is 0 Å². The summed E-state index contributed by atoms with van der Waals surface area (Å²) in [5.41, 5.74) is 2.68. The monoisotopic (exact) mass is 530 g/mol. The Kier molecular flexibility index (Phi) is 18.1. The summed E-state index contributed by atoms with van der Waals surface area (Å²) >= 11 is 1.66. The highest BCUT2D eigenvalue weighted by molar-refractivity contribution is 8.03. The van der Waals surface area contributed by atoms with E-state index in [1.54, 1.807) is 23.9 Å². The third-order valence-corrected chi connectivity index (χ3v) is 7.14. The second-order valence-corrected chi connectivity index (χ2v) is 10.5. The number of hydrogen-bond donors (Lipinski definition) is 2. The molecule has 198 valence electrons. The Morgan fingerprint density at radius 3 is 2.28 bits per heavy atom. The molecule has 0 heterocycles. The molecule has 0 atom stereocenters. The van der Waals surface area contributed by atoms with E-state index in [9.17, 15) is 13.2 Å². The van der Waals surface area contributed by atoms with Crippen molar-refractivity contribution in [2.45, 2.75) is 53.4 Å². The van der Waals surface area contributed by atoms with Gasteiger partial charge in [-0.15, -0.1) is 11.8 Å². The van der Waals surface area contributed by atoms with Crippen molar-refractivity contribution in [3.8, 4) is 0 Å². The molecule has 0 saturated heterocycles. The molecule has 0 saturated carbocycles. The van der Waals surface area contributed by atoms with Gasteiger partial charge in [0.1, 0.15) is 0 Å². The Hall–Kier alpha value is -2.61. The van der Waals surface area contributed by atoms with Crippen molar-refractivity contribution < 1.29 is 13.2 Å². The Labute approximate surface area is 223 Å². The average molecular weight is 531 g/mol. The van der Waals surface area contributed by atoms with Crippen molar-refractivity contribution in [3.05, 3.63) is 107 Å². The van der Waals surface area contributed by atoms with Crippen LogP contribution in [0.3, 0.4) is 0 Å². The zero-order valence-electron chi connectivity index (χ0n) is 22.1. The van der Waals surface area contributed by atoms with Crippen LogP contribution < -0.4 is 10.5 Å². The predicted octanol–water partition coefficient (Wildman–Crippen LogP) is 6.80. The molecule has 0 bridgehead atoms. The summed E-state index contributed by atoms with van der Waals surface area (Å²) in [5, 5.41) is 8.13. The molecule has 0 unspecified atom stereocenters. The van der Waals surface area contributed by atoms with Gasteiger partial charge in [0.2, 0.25) is 15.9 Å². The maximum absolute atomic E-state index is 13.0. The maximum Gasteiger partial charge on any atom is 0.248 e. The van der Waals surface area contributed by atoms with E-state index in [-0.39, 0.29) is 10.8 Å². The number of hydrogen-bond acceptors (Lipinski definition) is 4. The Morgan fingerprint density at radius 1 is 1.00 bits per heavy atom. The number of nitrogens with one attached hydrogen (secondary N) is 1. The van der Waals surface area contributed by atoms with Gasteiger partial charge in [-0.05, 0) is 55.2 Å². The van der Waals surface area contributed by atoms with Gasteiger partial charge in [-0.1, -0.05) is 94.2 Å². The number of carbonyl (C=O) groups excluding carboxylic acids is 1. The molecular weight excluding hydrogens is 488 g/mol. The number of carbonyl (C=O) groups is 1. The summed E-state index contributed by atoms with van der Waals surface area (Å²) in [4.78, 5) is 14.2. The minimum absolute atomic E-state index is 0.0503. The zero-order chi connectivity index (χ0) is 27.4. The second-order valence-electron chi connectivity index (χ2n) is 7.83. The van der Waals surface area contributed by atoms with Crippen molar-refractivity contribution >= 4 is 27.7 Å². The fraction of sp³-hybridized carbons (Fsp3) is 0.345. The predicted molar refractivity (Wildman–Crippen MR) is 159 cm³/mol. The van der Waals surface area contributed by atoms with E-state index in [1.807, 2.05) is 31.2 Å². The molecule has 0 fully saturated rings. The fourth-order valence-corrected chi connectivity index (χ4v) is 4.14. The highest BCUT2D eigenvalue weighted by Gasteiger charge is 2.10. The van der Waals surface area contributed by atoms with Gasteiger partial charge in [-0.2, -0.15) is 0 Å². The molecule has 0 spiro atoms. The largest absolute Gasteiger partial charge is 0.352 e. The van der Waals surface area contributed by atoms with Gasteiger partial charge >= 0.3 is 0 Å². The van der Waals surface area contributed by atoms with Crippen LogP contribution in [-0.4, -0.2) is 26.6 Å². The molecule has 3 N–H and O–H groups in total. The Bertz CT molecular complexity index is 1050. The van der Waals surface area contributed by atoms with Gasteiger partial charge in [-0.3, -0.25) is 4.79 Å². The third kappa shape index (κ3) is 15.4. The first-order chi connectivity index (χ1) is 17.1. The number of sulfonamides is 1. The summed E-state index contributed by atoms with van der Waals surface area (Å²) < 4.78 is 22.9. The quantitative estimate of drug-likeness (QED) is 0.160. The van der Waals surface area contributed by atoms with Crippen LogP contribution in [0.5, 0.6) is 0 Å². The summed E-state index contributed by atoms with van der Waals surface area (Å²) in [6.07, 6.45) is 23.3. The van der Waals surface area contributed by atoms with E-state index in [0.717, 1.165) is 30.4 Å². The van der Waals surface area contributed by atoms with E-state index < -0.39 is 10.0 Å².